The topological polar surface area (TPSA) is 61.8 Å². The lowest BCUT2D eigenvalue weighted by Gasteiger charge is -2.36. The van der Waals surface area contributed by atoms with Gasteiger partial charge in [0, 0.05) is 24.1 Å². The van der Waals surface area contributed by atoms with Gasteiger partial charge in [-0.1, -0.05) is 19.8 Å². The highest BCUT2D eigenvalue weighted by molar-refractivity contribution is 7.94. The van der Waals surface area contributed by atoms with Crippen LogP contribution in [-0.4, -0.2) is 44.0 Å². The largest absolute Gasteiger partial charge is 0.375 e. The Morgan fingerprint density at radius 3 is 1.77 bits per heavy atom. The van der Waals surface area contributed by atoms with Crippen LogP contribution in [0.25, 0.3) is 0 Å². The van der Waals surface area contributed by atoms with Crippen molar-refractivity contribution in [3.05, 3.63) is 0 Å². The van der Waals surface area contributed by atoms with E-state index in [-0.39, 0.29) is 11.4 Å². The van der Waals surface area contributed by atoms with Gasteiger partial charge in [-0.3, -0.25) is 0 Å². The van der Waals surface area contributed by atoms with Crippen LogP contribution < -0.4 is 0 Å². The highest BCUT2D eigenvalue weighted by atomic mass is 32.2. The average Bonchev–Trinajstić information content (AvgIpc) is 2.86. The summed E-state index contributed by atoms with van der Waals surface area (Å²) >= 11 is 1.50. The van der Waals surface area contributed by atoms with Crippen LogP contribution in [-0.2, 0) is 23.8 Å². The fourth-order valence-electron chi connectivity index (χ4n) is 7.17. The Morgan fingerprint density at radius 1 is 0.686 bits per heavy atom. The van der Waals surface area contributed by atoms with Crippen LogP contribution in [0.4, 0.5) is 0 Å². The summed E-state index contributed by atoms with van der Waals surface area (Å²) in [5.41, 5.74) is 0. The van der Waals surface area contributed by atoms with E-state index in [0.29, 0.717) is 12.2 Å². The Hall–Kier alpha value is 0.180. The maximum absolute atomic E-state index is 11.7. The number of hydrogen-bond acceptors (Lipinski definition) is 6. The molecular weight excluding hydrogens is 480 g/mol. The summed E-state index contributed by atoms with van der Waals surface area (Å²) in [7, 11) is -2.89. The molecular formula is C28H50O5S2. The van der Waals surface area contributed by atoms with Crippen molar-refractivity contribution < 1.29 is 22.4 Å². The molecule has 0 unspecified atom stereocenters. The molecule has 0 spiro atoms. The Bertz CT molecular complexity index is 697. The van der Waals surface area contributed by atoms with Crippen molar-refractivity contribution in [2.45, 2.75) is 140 Å². The van der Waals surface area contributed by atoms with Crippen LogP contribution in [0.2, 0.25) is 0 Å². The third-order valence-corrected chi connectivity index (χ3v) is 11.9. The van der Waals surface area contributed by atoms with Crippen molar-refractivity contribution in [2.24, 2.45) is 23.7 Å². The molecule has 0 heterocycles. The third kappa shape index (κ3) is 9.15. The first kappa shape index (κ1) is 28.2. The van der Waals surface area contributed by atoms with Crippen molar-refractivity contribution >= 4 is 21.9 Å². The summed E-state index contributed by atoms with van der Waals surface area (Å²) in [4.78, 5) is 5.76. The van der Waals surface area contributed by atoms with Gasteiger partial charge in [-0.05, 0) is 120 Å². The first-order valence-corrected chi connectivity index (χ1v) is 17.5. The van der Waals surface area contributed by atoms with E-state index in [1.54, 1.807) is 0 Å². The van der Waals surface area contributed by atoms with Gasteiger partial charge in [0.15, 0.2) is 0 Å². The zero-order valence-corrected chi connectivity index (χ0v) is 23.8. The molecule has 0 aliphatic heterocycles. The van der Waals surface area contributed by atoms with Gasteiger partial charge < -0.3 is 4.74 Å². The average molecular weight is 531 g/mol. The summed E-state index contributed by atoms with van der Waals surface area (Å²) in [5, 5.41) is -0.151. The van der Waals surface area contributed by atoms with Crippen LogP contribution in [0.5, 0.6) is 0 Å². The molecule has 0 saturated heterocycles. The second-order valence-corrected chi connectivity index (χ2v) is 15.4. The molecule has 0 aromatic heterocycles. The van der Waals surface area contributed by atoms with Crippen LogP contribution in [0.3, 0.4) is 0 Å². The fourth-order valence-corrected chi connectivity index (χ4v) is 8.96. The molecule has 4 aliphatic rings. The number of sulfone groups is 1. The maximum atomic E-state index is 11.7. The van der Waals surface area contributed by atoms with Gasteiger partial charge >= 0.3 is 0 Å². The van der Waals surface area contributed by atoms with Gasteiger partial charge in [0.1, 0.15) is 9.84 Å². The molecule has 5 nitrogen and oxygen atoms in total. The van der Waals surface area contributed by atoms with E-state index < -0.39 is 9.84 Å². The minimum absolute atomic E-state index is 0.151. The standard InChI is InChI=1S/C28H50O5S2/c1-21-3-7-23(8-4-21)24-9-13-27(14-10-24)32-33-34-20-19-22-5-11-25(12-6-22)31-26-15-17-28(18-16-26)35(2,29)30/h21-28H,3-20H2,1-2H3. The SMILES string of the molecule is CC1CCC(C2CCC(OOSCCC3CCC(OC4CCC(S(C)(=O)=O)CC4)CC3)CC2)CC1. The lowest BCUT2D eigenvalue weighted by molar-refractivity contribution is -0.240. The molecule has 35 heavy (non-hydrogen) atoms. The zero-order chi connectivity index (χ0) is 24.7. The molecule has 0 atom stereocenters. The van der Waals surface area contributed by atoms with Crippen molar-refractivity contribution in [3.8, 4) is 0 Å². The van der Waals surface area contributed by atoms with Gasteiger partial charge in [0.05, 0.1) is 23.6 Å². The number of hydrogen-bond donors (Lipinski definition) is 0. The molecule has 0 bridgehead atoms. The minimum atomic E-state index is -2.89. The molecule has 204 valence electrons. The highest BCUT2D eigenvalue weighted by Gasteiger charge is 2.32. The van der Waals surface area contributed by atoms with E-state index >= 15 is 0 Å². The molecule has 0 radical (unpaired) electrons. The molecule has 4 aliphatic carbocycles. The normalized spacial score (nSPS) is 39.4. The summed E-state index contributed by atoms with van der Waals surface area (Å²) in [6.07, 6.45) is 22.3. The molecule has 7 heteroatoms. The monoisotopic (exact) mass is 530 g/mol. The van der Waals surface area contributed by atoms with E-state index in [1.165, 1.54) is 76.1 Å². The maximum Gasteiger partial charge on any atom is 0.150 e. The molecule has 4 saturated carbocycles. The lowest BCUT2D eigenvalue weighted by Crippen LogP contribution is -2.33. The first-order chi connectivity index (χ1) is 16.9. The highest BCUT2D eigenvalue weighted by Crippen LogP contribution is 2.40. The number of rotatable bonds is 10. The first-order valence-electron chi connectivity index (χ1n) is 14.7. The van der Waals surface area contributed by atoms with Crippen LogP contribution >= 0.6 is 12.0 Å². The second kappa shape index (κ2) is 13.8. The Labute approximate surface area is 219 Å². The molecule has 0 amide bonds. The molecule has 4 rings (SSSR count). The van der Waals surface area contributed by atoms with Gasteiger partial charge in [-0.15, -0.1) is 0 Å². The lowest BCUT2D eigenvalue weighted by atomic mass is 9.71. The summed E-state index contributed by atoms with van der Waals surface area (Å²) in [5.74, 6) is 4.61. The van der Waals surface area contributed by atoms with Crippen molar-refractivity contribution in [3.63, 3.8) is 0 Å². The van der Waals surface area contributed by atoms with Crippen molar-refractivity contribution in [1.29, 1.82) is 0 Å². The predicted molar refractivity (Wildman–Crippen MR) is 144 cm³/mol. The summed E-state index contributed by atoms with van der Waals surface area (Å²) < 4.78 is 35.4. The Balaban J connectivity index is 0.994. The molecule has 0 aromatic carbocycles. The molecule has 4 fully saturated rings. The summed E-state index contributed by atoms with van der Waals surface area (Å²) in [6, 6.07) is 0. The van der Waals surface area contributed by atoms with Gasteiger partial charge in [-0.2, -0.15) is 4.33 Å². The zero-order valence-electron chi connectivity index (χ0n) is 22.2. The molecule has 0 N–H and O–H groups in total. The van der Waals surface area contributed by atoms with E-state index in [1.807, 2.05) is 0 Å². The Morgan fingerprint density at radius 2 is 1.20 bits per heavy atom. The van der Waals surface area contributed by atoms with E-state index in [0.717, 1.165) is 80.8 Å². The molecule has 0 aromatic rings. The van der Waals surface area contributed by atoms with Crippen LogP contribution in [0, 0.1) is 23.7 Å². The Kier molecular flexibility index (Phi) is 11.1. The van der Waals surface area contributed by atoms with Crippen LogP contribution in [0.1, 0.15) is 116 Å². The van der Waals surface area contributed by atoms with Crippen molar-refractivity contribution in [2.75, 3.05) is 12.0 Å². The van der Waals surface area contributed by atoms with E-state index in [4.69, 9.17) is 14.0 Å². The quantitative estimate of drug-likeness (QED) is 0.128. The van der Waals surface area contributed by atoms with E-state index in [9.17, 15) is 8.42 Å². The predicted octanol–water partition coefficient (Wildman–Crippen LogP) is 7.29. The van der Waals surface area contributed by atoms with Gasteiger partial charge in [0.2, 0.25) is 0 Å². The van der Waals surface area contributed by atoms with Gasteiger partial charge in [0.25, 0.3) is 0 Å². The third-order valence-electron chi connectivity index (χ3n) is 9.68. The van der Waals surface area contributed by atoms with Gasteiger partial charge in [-0.25, -0.2) is 13.3 Å². The fraction of sp³-hybridized carbons (Fsp3) is 1.00. The second-order valence-electron chi connectivity index (χ2n) is 12.3. The van der Waals surface area contributed by atoms with Crippen LogP contribution in [0.15, 0.2) is 0 Å². The van der Waals surface area contributed by atoms with Crippen molar-refractivity contribution in [1.82, 2.24) is 0 Å². The minimum Gasteiger partial charge on any atom is -0.375 e. The van der Waals surface area contributed by atoms with E-state index in [2.05, 4.69) is 6.92 Å². The smallest absolute Gasteiger partial charge is 0.150 e. The number of ether oxygens (including phenoxy) is 1. The summed E-state index contributed by atoms with van der Waals surface area (Å²) in [6.45, 7) is 2.41.